The van der Waals surface area contributed by atoms with Crippen LogP contribution in [0.2, 0.25) is 0 Å². The van der Waals surface area contributed by atoms with E-state index in [0.29, 0.717) is 4.90 Å². The van der Waals surface area contributed by atoms with Crippen molar-refractivity contribution in [3.8, 4) is 0 Å². The SMILES string of the molecule is CCNCc1ccc(S(=O)(=O)N(CCO)C2CCC2)cc1. The average molecular weight is 312 g/mol. The van der Waals surface area contributed by atoms with Gasteiger partial charge in [0.05, 0.1) is 11.5 Å². The second-order valence-electron chi connectivity index (χ2n) is 5.35. The maximum atomic E-state index is 12.7. The first-order valence-corrected chi connectivity index (χ1v) is 8.96. The molecule has 1 aromatic rings. The minimum absolute atomic E-state index is 0.0450. The molecule has 1 aliphatic rings. The van der Waals surface area contributed by atoms with E-state index in [-0.39, 0.29) is 19.2 Å². The Hall–Kier alpha value is -0.950. The molecular weight excluding hydrogens is 288 g/mol. The molecular formula is C15H24N2O3S. The number of aliphatic hydroxyl groups is 1. The number of hydrogen-bond donors (Lipinski definition) is 2. The Morgan fingerprint density at radius 1 is 1.29 bits per heavy atom. The van der Waals surface area contributed by atoms with Gasteiger partial charge in [-0.15, -0.1) is 0 Å². The molecule has 5 nitrogen and oxygen atoms in total. The van der Waals surface area contributed by atoms with Crippen LogP contribution in [0.1, 0.15) is 31.7 Å². The first-order valence-electron chi connectivity index (χ1n) is 7.52. The van der Waals surface area contributed by atoms with Crippen LogP contribution in [-0.2, 0) is 16.6 Å². The second-order valence-corrected chi connectivity index (χ2v) is 7.24. The number of aliphatic hydroxyl groups excluding tert-OH is 1. The van der Waals surface area contributed by atoms with Gasteiger partial charge in [-0.3, -0.25) is 0 Å². The Labute approximate surface area is 127 Å². The maximum absolute atomic E-state index is 12.7. The molecule has 1 aliphatic carbocycles. The predicted octanol–water partition coefficient (Wildman–Crippen LogP) is 1.33. The summed E-state index contributed by atoms with van der Waals surface area (Å²) in [6, 6.07) is 7.04. The lowest BCUT2D eigenvalue weighted by Crippen LogP contribution is -2.45. The summed E-state index contributed by atoms with van der Waals surface area (Å²) in [5, 5.41) is 12.4. The van der Waals surface area contributed by atoms with Crippen molar-refractivity contribution in [2.45, 2.75) is 43.7 Å². The van der Waals surface area contributed by atoms with Gasteiger partial charge in [-0.05, 0) is 37.1 Å². The van der Waals surface area contributed by atoms with E-state index in [4.69, 9.17) is 5.11 Å². The van der Waals surface area contributed by atoms with Crippen LogP contribution in [0.3, 0.4) is 0 Å². The highest BCUT2D eigenvalue weighted by molar-refractivity contribution is 7.89. The van der Waals surface area contributed by atoms with Crippen molar-refractivity contribution in [2.24, 2.45) is 0 Å². The van der Waals surface area contributed by atoms with E-state index in [0.717, 1.165) is 37.9 Å². The first-order chi connectivity index (χ1) is 10.1. The molecule has 2 N–H and O–H groups in total. The molecule has 0 aromatic heterocycles. The third-order valence-corrected chi connectivity index (χ3v) is 5.88. The van der Waals surface area contributed by atoms with Crippen molar-refractivity contribution in [3.05, 3.63) is 29.8 Å². The topological polar surface area (TPSA) is 69.6 Å². The Morgan fingerprint density at radius 3 is 2.43 bits per heavy atom. The van der Waals surface area contributed by atoms with E-state index >= 15 is 0 Å². The van der Waals surface area contributed by atoms with Crippen LogP contribution in [-0.4, -0.2) is 43.6 Å². The van der Waals surface area contributed by atoms with Gasteiger partial charge in [-0.2, -0.15) is 4.31 Å². The van der Waals surface area contributed by atoms with Gasteiger partial charge in [0, 0.05) is 19.1 Å². The molecule has 0 saturated heterocycles. The minimum atomic E-state index is -3.51. The van der Waals surface area contributed by atoms with Crippen LogP contribution in [0.15, 0.2) is 29.2 Å². The number of nitrogens with zero attached hydrogens (tertiary/aromatic N) is 1. The molecule has 0 aliphatic heterocycles. The fraction of sp³-hybridized carbons (Fsp3) is 0.600. The zero-order valence-electron chi connectivity index (χ0n) is 12.5. The lowest BCUT2D eigenvalue weighted by molar-refractivity contribution is 0.178. The molecule has 118 valence electrons. The molecule has 0 atom stereocenters. The van der Waals surface area contributed by atoms with E-state index in [2.05, 4.69) is 5.32 Å². The predicted molar refractivity (Wildman–Crippen MR) is 82.4 cm³/mol. The number of hydrogen-bond acceptors (Lipinski definition) is 4. The largest absolute Gasteiger partial charge is 0.395 e. The molecule has 0 unspecified atom stereocenters. The average Bonchev–Trinajstić information content (AvgIpc) is 2.43. The van der Waals surface area contributed by atoms with Crippen LogP contribution in [0.5, 0.6) is 0 Å². The molecule has 1 fully saturated rings. The molecule has 0 spiro atoms. The minimum Gasteiger partial charge on any atom is -0.395 e. The molecule has 2 rings (SSSR count). The van der Waals surface area contributed by atoms with Gasteiger partial charge < -0.3 is 10.4 Å². The van der Waals surface area contributed by atoms with Crippen LogP contribution < -0.4 is 5.32 Å². The van der Waals surface area contributed by atoms with E-state index in [9.17, 15) is 8.42 Å². The summed E-state index contributed by atoms with van der Waals surface area (Å²) in [6.45, 7) is 3.68. The maximum Gasteiger partial charge on any atom is 0.243 e. The van der Waals surface area contributed by atoms with E-state index in [1.807, 2.05) is 19.1 Å². The second kappa shape index (κ2) is 7.35. The smallest absolute Gasteiger partial charge is 0.243 e. The summed E-state index contributed by atoms with van der Waals surface area (Å²) in [4.78, 5) is 0.308. The van der Waals surface area contributed by atoms with Crippen molar-refractivity contribution in [3.63, 3.8) is 0 Å². The summed E-state index contributed by atoms with van der Waals surface area (Å²) < 4.78 is 26.8. The monoisotopic (exact) mass is 312 g/mol. The van der Waals surface area contributed by atoms with Crippen molar-refractivity contribution in [1.82, 2.24) is 9.62 Å². The first kappa shape index (κ1) is 16.4. The van der Waals surface area contributed by atoms with Gasteiger partial charge in [0.15, 0.2) is 0 Å². The van der Waals surface area contributed by atoms with Crippen molar-refractivity contribution >= 4 is 10.0 Å². The van der Waals surface area contributed by atoms with E-state index < -0.39 is 10.0 Å². The van der Waals surface area contributed by atoms with Crippen molar-refractivity contribution < 1.29 is 13.5 Å². The summed E-state index contributed by atoms with van der Waals surface area (Å²) in [7, 11) is -3.51. The van der Waals surface area contributed by atoms with Gasteiger partial charge in [0.2, 0.25) is 10.0 Å². The van der Waals surface area contributed by atoms with Gasteiger partial charge in [-0.25, -0.2) is 8.42 Å². The standard InChI is InChI=1S/C15H24N2O3S/c1-2-16-12-13-6-8-15(9-7-13)21(19,20)17(10-11-18)14-4-3-5-14/h6-9,14,16,18H,2-5,10-12H2,1H3. The number of rotatable bonds is 8. The molecule has 0 radical (unpaired) electrons. The molecule has 0 amide bonds. The molecule has 6 heteroatoms. The Kier molecular flexibility index (Phi) is 5.75. The summed E-state index contributed by atoms with van der Waals surface area (Å²) in [6.07, 6.45) is 2.83. The van der Waals surface area contributed by atoms with Crippen molar-refractivity contribution in [1.29, 1.82) is 0 Å². The van der Waals surface area contributed by atoms with Gasteiger partial charge >= 0.3 is 0 Å². The third-order valence-electron chi connectivity index (χ3n) is 3.91. The van der Waals surface area contributed by atoms with Crippen molar-refractivity contribution in [2.75, 3.05) is 19.7 Å². The summed E-state index contributed by atoms with van der Waals surface area (Å²) >= 11 is 0. The third kappa shape index (κ3) is 3.83. The molecule has 0 bridgehead atoms. The molecule has 0 heterocycles. The summed E-state index contributed by atoms with van der Waals surface area (Å²) in [5.74, 6) is 0. The zero-order chi connectivity index (χ0) is 15.3. The molecule has 21 heavy (non-hydrogen) atoms. The number of sulfonamides is 1. The van der Waals surface area contributed by atoms with Gasteiger partial charge in [0.25, 0.3) is 0 Å². The van der Waals surface area contributed by atoms with Crippen LogP contribution in [0, 0.1) is 0 Å². The van der Waals surface area contributed by atoms with Gasteiger partial charge in [-0.1, -0.05) is 25.5 Å². The van der Waals surface area contributed by atoms with Gasteiger partial charge in [0.1, 0.15) is 0 Å². The number of benzene rings is 1. The van der Waals surface area contributed by atoms with E-state index in [1.54, 1.807) is 12.1 Å². The fourth-order valence-electron chi connectivity index (χ4n) is 2.46. The molecule has 1 aromatic carbocycles. The van der Waals surface area contributed by atoms with Crippen LogP contribution in [0.25, 0.3) is 0 Å². The van der Waals surface area contributed by atoms with E-state index in [1.165, 1.54) is 4.31 Å². The quantitative estimate of drug-likeness (QED) is 0.760. The Morgan fingerprint density at radius 2 is 1.95 bits per heavy atom. The highest BCUT2D eigenvalue weighted by atomic mass is 32.2. The lowest BCUT2D eigenvalue weighted by Gasteiger charge is -2.36. The lowest BCUT2D eigenvalue weighted by atomic mass is 9.93. The van der Waals surface area contributed by atoms with Crippen LogP contribution >= 0.6 is 0 Å². The Balaban J connectivity index is 2.16. The zero-order valence-corrected chi connectivity index (χ0v) is 13.3. The highest BCUT2D eigenvalue weighted by Gasteiger charge is 2.34. The normalized spacial score (nSPS) is 16.1. The highest BCUT2D eigenvalue weighted by Crippen LogP contribution is 2.29. The van der Waals surface area contributed by atoms with Crippen LogP contribution in [0.4, 0.5) is 0 Å². The summed E-state index contributed by atoms with van der Waals surface area (Å²) in [5.41, 5.74) is 1.06. The molecule has 1 saturated carbocycles. The fourth-order valence-corrected chi connectivity index (χ4v) is 4.13. The Bertz CT molecular complexity index is 539. The number of nitrogens with one attached hydrogen (secondary N) is 1.